The molecule has 1 aromatic heterocycles. The average Bonchev–Trinajstić information content (AvgIpc) is 2.86. The van der Waals surface area contributed by atoms with Crippen molar-refractivity contribution < 1.29 is 9.84 Å². The molecule has 1 atom stereocenters. The fraction of sp³-hybridized carbons (Fsp3) is 0.286. The molecule has 1 N–H and O–H groups in total. The molecule has 1 unspecified atom stereocenters. The highest BCUT2D eigenvalue weighted by Gasteiger charge is 2.16. The highest BCUT2D eigenvalue weighted by Crippen LogP contribution is 2.34. The van der Waals surface area contributed by atoms with Crippen LogP contribution >= 0.6 is 11.3 Å². The monoisotopic (exact) mass is 248 g/mol. The second-order valence-electron chi connectivity index (χ2n) is 3.85. The fourth-order valence-corrected chi connectivity index (χ4v) is 2.63. The lowest BCUT2D eigenvalue weighted by Gasteiger charge is -2.11. The van der Waals surface area contributed by atoms with E-state index in [0.717, 1.165) is 22.6 Å². The van der Waals surface area contributed by atoms with Gasteiger partial charge in [-0.15, -0.1) is 11.3 Å². The molecule has 0 aliphatic carbocycles. The van der Waals surface area contributed by atoms with Crippen LogP contribution in [0.15, 0.2) is 35.7 Å². The molecule has 0 spiro atoms. The summed E-state index contributed by atoms with van der Waals surface area (Å²) in [7, 11) is 1.62. The maximum Gasteiger partial charge on any atom is 0.135 e. The number of hydrogen-bond donors (Lipinski definition) is 1. The van der Waals surface area contributed by atoms with Gasteiger partial charge in [0, 0.05) is 0 Å². The van der Waals surface area contributed by atoms with E-state index in [1.165, 1.54) is 16.9 Å². The van der Waals surface area contributed by atoms with E-state index < -0.39 is 6.10 Å². The van der Waals surface area contributed by atoms with Gasteiger partial charge in [0.1, 0.15) is 11.9 Å². The van der Waals surface area contributed by atoms with Gasteiger partial charge in [0.05, 0.1) is 12.0 Å². The summed E-state index contributed by atoms with van der Waals surface area (Å²) >= 11 is 1.51. The fourth-order valence-electron chi connectivity index (χ4n) is 1.76. The van der Waals surface area contributed by atoms with Gasteiger partial charge in [-0.3, -0.25) is 0 Å². The van der Waals surface area contributed by atoms with Crippen LogP contribution in [-0.2, 0) is 6.42 Å². The predicted octanol–water partition coefficient (Wildman–Crippen LogP) is 3.40. The number of hydrogen-bond acceptors (Lipinski definition) is 3. The number of aliphatic hydroxyl groups excluding tert-OH is 1. The number of aliphatic hydroxyl groups is 1. The standard InChI is InChI=1S/C14H16O2S/c1-3-10-4-6-11(7-5-10)13(15)14-12(16-2)8-9-17-14/h4-9,13,15H,3H2,1-2H3. The Morgan fingerprint density at radius 3 is 2.53 bits per heavy atom. The van der Waals surface area contributed by atoms with Gasteiger partial charge in [-0.2, -0.15) is 0 Å². The summed E-state index contributed by atoms with van der Waals surface area (Å²) in [5.74, 6) is 0.752. The first kappa shape index (κ1) is 12.1. The summed E-state index contributed by atoms with van der Waals surface area (Å²) in [5, 5.41) is 12.2. The summed E-state index contributed by atoms with van der Waals surface area (Å²) in [6.07, 6.45) is 0.412. The van der Waals surface area contributed by atoms with E-state index in [9.17, 15) is 5.11 Å². The Labute approximate surface area is 105 Å². The highest BCUT2D eigenvalue weighted by molar-refractivity contribution is 7.10. The van der Waals surface area contributed by atoms with E-state index in [1.807, 2.05) is 23.6 Å². The Balaban J connectivity index is 2.27. The van der Waals surface area contributed by atoms with Crippen LogP contribution in [-0.4, -0.2) is 12.2 Å². The zero-order valence-electron chi connectivity index (χ0n) is 10.0. The molecule has 0 saturated carbocycles. The number of thiophene rings is 1. The molecule has 0 saturated heterocycles. The van der Waals surface area contributed by atoms with Crippen LogP contribution in [0.2, 0.25) is 0 Å². The van der Waals surface area contributed by atoms with Crippen LogP contribution in [0.25, 0.3) is 0 Å². The van der Waals surface area contributed by atoms with Crippen molar-refractivity contribution in [2.75, 3.05) is 7.11 Å². The smallest absolute Gasteiger partial charge is 0.135 e. The maximum atomic E-state index is 10.3. The summed E-state index contributed by atoms with van der Waals surface area (Å²) in [5.41, 5.74) is 2.18. The van der Waals surface area contributed by atoms with Crippen molar-refractivity contribution in [1.29, 1.82) is 0 Å². The molecule has 0 fully saturated rings. The van der Waals surface area contributed by atoms with Crippen molar-refractivity contribution in [2.45, 2.75) is 19.4 Å². The Kier molecular flexibility index (Phi) is 3.82. The molecule has 1 aromatic carbocycles. The first-order valence-electron chi connectivity index (χ1n) is 5.64. The van der Waals surface area contributed by atoms with Crippen LogP contribution in [0, 0.1) is 0 Å². The summed E-state index contributed by atoms with van der Waals surface area (Å²) in [6, 6.07) is 9.94. The van der Waals surface area contributed by atoms with E-state index in [-0.39, 0.29) is 0 Å². The lowest BCUT2D eigenvalue weighted by molar-refractivity contribution is 0.219. The van der Waals surface area contributed by atoms with Gasteiger partial charge in [0.15, 0.2) is 0 Å². The number of ether oxygens (including phenoxy) is 1. The van der Waals surface area contributed by atoms with Crippen LogP contribution < -0.4 is 4.74 Å². The quantitative estimate of drug-likeness (QED) is 0.898. The van der Waals surface area contributed by atoms with E-state index in [1.54, 1.807) is 7.11 Å². The highest BCUT2D eigenvalue weighted by atomic mass is 32.1. The molecule has 2 nitrogen and oxygen atoms in total. The molecule has 2 aromatic rings. The second-order valence-corrected chi connectivity index (χ2v) is 4.80. The minimum atomic E-state index is -0.601. The van der Waals surface area contributed by atoms with Crippen LogP contribution in [0.4, 0.5) is 0 Å². The van der Waals surface area contributed by atoms with Crippen molar-refractivity contribution in [3.05, 3.63) is 51.7 Å². The van der Waals surface area contributed by atoms with Gasteiger partial charge >= 0.3 is 0 Å². The van der Waals surface area contributed by atoms with Gasteiger partial charge in [-0.1, -0.05) is 31.2 Å². The summed E-state index contributed by atoms with van der Waals surface area (Å²) < 4.78 is 5.22. The summed E-state index contributed by atoms with van der Waals surface area (Å²) in [6.45, 7) is 2.12. The van der Waals surface area contributed by atoms with Gasteiger partial charge in [0.2, 0.25) is 0 Å². The molecular formula is C14H16O2S. The van der Waals surface area contributed by atoms with E-state index in [4.69, 9.17) is 4.74 Å². The number of rotatable bonds is 4. The van der Waals surface area contributed by atoms with Crippen LogP contribution in [0.5, 0.6) is 5.75 Å². The third-order valence-electron chi connectivity index (χ3n) is 2.83. The minimum Gasteiger partial charge on any atom is -0.495 e. The van der Waals surface area contributed by atoms with Gasteiger partial charge in [-0.25, -0.2) is 0 Å². The number of aryl methyl sites for hydroxylation is 1. The van der Waals surface area contributed by atoms with Crippen LogP contribution in [0.1, 0.15) is 29.0 Å². The van der Waals surface area contributed by atoms with Gasteiger partial charge in [0.25, 0.3) is 0 Å². The lowest BCUT2D eigenvalue weighted by atomic mass is 10.0. The molecular weight excluding hydrogens is 232 g/mol. The molecule has 0 amide bonds. The molecule has 0 bridgehead atoms. The summed E-state index contributed by atoms with van der Waals surface area (Å²) in [4.78, 5) is 0.858. The molecule has 0 aliphatic rings. The van der Waals surface area contributed by atoms with Gasteiger partial charge < -0.3 is 9.84 Å². The Morgan fingerprint density at radius 1 is 1.24 bits per heavy atom. The molecule has 90 valence electrons. The Hall–Kier alpha value is -1.32. The largest absolute Gasteiger partial charge is 0.495 e. The zero-order chi connectivity index (χ0) is 12.3. The number of methoxy groups -OCH3 is 1. The normalized spacial score (nSPS) is 12.4. The molecule has 17 heavy (non-hydrogen) atoms. The maximum absolute atomic E-state index is 10.3. The van der Waals surface area contributed by atoms with Crippen molar-refractivity contribution in [1.82, 2.24) is 0 Å². The zero-order valence-corrected chi connectivity index (χ0v) is 10.8. The third kappa shape index (κ3) is 2.51. The molecule has 0 aliphatic heterocycles. The second kappa shape index (κ2) is 5.34. The lowest BCUT2D eigenvalue weighted by Crippen LogP contribution is -1.99. The third-order valence-corrected chi connectivity index (χ3v) is 3.78. The minimum absolute atomic E-state index is 0.601. The Morgan fingerprint density at radius 2 is 1.94 bits per heavy atom. The first-order valence-corrected chi connectivity index (χ1v) is 6.52. The van der Waals surface area contributed by atoms with Crippen molar-refractivity contribution in [3.8, 4) is 5.75 Å². The molecule has 2 rings (SSSR count). The van der Waals surface area contributed by atoms with E-state index in [0.29, 0.717) is 0 Å². The van der Waals surface area contributed by atoms with E-state index in [2.05, 4.69) is 19.1 Å². The predicted molar refractivity (Wildman–Crippen MR) is 70.8 cm³/mol. The van der Waals surface area contributed by atoms with Crippen LogP contribution in [0.3, 0.4) is 0 Å². The molecule has 0 radical (unpaired) electrons. The van der Waals surface area contributed by atoms with Crippen molar-refractivity contribution >= 4 is 11.3 Å². The van der Waals surface area contributed by atoms with Crippen molar-refractivity contribution in [2.24, 2.45) is 0 Å². The first-order chi connectivity index (χ1) is 8.26. The molecule has 3 heteroatoms. The average molecular weight is 248 g/mol. The molecule has 1 heterocycles. The van der Waals surface area contributed by atoms with Gasteiger partial charge in [-0.05, 0) is 29.0 Å². The van der Waals surface area contributed by atoms with Crippen molar-refractivity contribution in [3.63, 3.8) is 0 Å². The number of benzene rings is 1. The van der Waals surface area contributed by atoms with E-state index >= 15 is 0 Å². The SMILES string of the molecule is CCc1ccc(C(O)c2sccc2OC)cc1. The topological polar surface area (TPSA) is 29.5 Å². The Bertz CT molecular complexity index is 473.